The smallest absolute Gasteiger partial charge is 0.318 e. The molecule has 0 radical (unpaired) electrons. The SMILES string of the molecule is Cc1cccc(C)c1CCC(=O)N[C@@H](Cc1ccccc1)[C@@H](O)C[C@H](Cc1ccccc1)NC(=O)[C@H](C(C)C)N1CCCNC1=O. The average molecular weight is 627 g/mol. The minimum atomic E-state index is -0.936. The number of benzene rings is 3. The molecule has 4 amide bonds. The van der Waals surface area contributed by atoms with Crippen LogP contribution in [-0.2, 0) is 28.9 Å². The number of urea groups is 1. The lowest BCUT2D eigenvalue weighted by molar-refractivity contribution is -0.128. The molecule has 8 heteroatoms. The normalized spacial score (nSPS) is 15.9. The van der Waals surface area contributed by atoms with Gasteiger partial charge in [-0.2, -0.15) is 0 Å². The lowest BCUT2D eigenvalue weighted by Crippen LogP contribution is -2.59. The first-order valence-electron chi connectivity index (χ1n) is 16.6. The molecule has 1 saturated heterocycles. The third kappa shape index (κ3) is 9.91. The summed E-state index contributed by atoms with van der Waals surface area (Å²) in [6.45, 7) is 9.12. The molecule has 1 aliphatic heterocycles. The van der Waals surface area contributed by atoms with Crippen LogP contribution < -0.4 is 16.0 Å². The van der Waals surface area contributed by atoms with E-state index in [0.29, 0.717) is 38.8 Å². The van der Waals surface area contributed by atoms with Crippen molar-refractivity contribution < 1.29 is 19.5 Å². The van der Waals surface area contributed by atoms with Gasteiger partial charge in [-0.05, 0) is 79.7 Å². The largest absolute Gasteiger partial charge is 0.391 e. The van der Waals surface area contributed by atoms with Crippen LogP contribution >= 0.6 is 0 Å². The summed E-state index contributed by atoms with van der Waals surface area (Å²) in [7, 11) is 0. The highest BCUT2D eigenvalue weighted by Gasteiger charge is 2.35. The molecule has 1 fully saturated rings. The molecule has 0 aromatic heterocycles. The lowest BCUT2D eigenvalue weighted by atomic mass is 9.92. The Kier molecular flexibility index (Phi) is 12.8. The number of amides is 4. The second-order valence-corrected chi connectivity index (χ2v) is 12.9. The Balaban J connectivity index is 1.52. The van der Waals surface area contributed by atoms with E-state index in [1.165, 1.54) is 5.56 Å². The highest BCUT2D eigenvalue weighted by atomic mass is 16.3. The van der Waals surface area contributed by atoms with Crippen LogP contribution in [0.2, 0.25) is 0 Å². The van der Waals surface area contributed by atoms with Crippen LogP contribution in [0.4, 0.5) is 4.79 Å². The van der Waals surface area contributed by atoms with E-state index >= 15 is 0 Å². The molecule has 0 aliphatic carbocycles. The van der Waals surface area contributed by atoms with E-state index in [-0.39, 0.29) is 30.2 Å². The minimum absolute atomic E-state index is 0.104. The van der Waals surface area contributed by atoms with E-state index in [1.54, 1.807) is 4.90 Å². The van der Waals surface area contributed by atoms with E-state index in [1.807, 2.05) is 80.6 Å². The Hall–Kier alpha value is -4.17. The summed E-state index contributed by atoms with van der Waals surface area (Å²) in [4.78, 5) is 41.5. The highest BCUT2D eigenvalue weighted by molar-refractivity contribution is 5.87. The van der Waals surface area contributed by atoms with Crippen LogP contribution in [0.15, 0.2) is 78.9 Å². The van der Waals surface area contributed by atoms with E-state index in [9.17, 15) is 19.5 Å². The molecule has 3 aromatic rings. The fourth-order valence-corrected chi connectivity index (χ4v) is 6.46. The summed E-state index contributed by atoms with van der Waals surface area (Å²) in [5, 5.41) is 20.9. The van der Waals surface area contributed by atoms with Gasteiger partial charge in [0.25, 0.3) is 0 Å². The molecule has 4 N–H and O–H groups in total. The van der Waals surface area contributed by atoms with Gasteiger partial charge in [0.15, 0.2) is 0 Å². The van der Waals surface area contributed by atoms with E-state index < -0.39 is 24.2 Å². The van der Waals surface area contributed by atoms with Crippen molar-refractivity contribution >= 4 is 17.8 Å². The zero-order valence-electron chi connectivity index (χ0n) is 27.7. The minimum Gasteiger partial charge on any atom is -0.391 e. The number of aliphatic hydroxyl groups excluding tert-OH is 1. The maximum Gasteiger partial charge on any atom is 0.318 e. The van der Waals surface area contributed by atoms with Crippen molar-refractivity contribution in [3.63, 3.8) is 0 Å². The summed E-state index contributed by atoms with van der Waals surface area (Å²) in [6, 6.07) is 24.0. The van der Waals surface area contributed by atoms with Crippen molar-refractivity contribution in [2.45, 2.75) is 90.4 Å². The van der Waals surface area contributed by atoms with Crippen LogP contribution in [0.1, 0.15) is 60.9 Å². The summed E-state index contributed by atoms with van der Waals surface area (Å²) in [5.74, 6) is -0.465. The number of carbonyl (C=O) groups is 3. The van der Waals surface area contributed by atoms with Crippen LogP contribution in [-0.4, -0.2) is 65.2 Å². The molecule has 0 saturated carbocycles. The molecule has 0 unspecified atom stereocenters. The van der Waals surface area contributed by atoms with E-state index in [4.69, 9.17) is 0 Å². The van der Waals surface area contributed by atoms with Gasteiger partial charge in [0, 0.05) is 25.6 Å². The third-order valence-electron chi connectivity index (χ3n) is 8.90. The number of aliphatic hydroxyl groups is 1. The summed E-state index contributed by atoms with van der Waals surface area (Å²) >= 11 is 0. The molecule has 0 bridgehead atoms. The Morgan fingerprint density at radius 3 is 2.07 bits per heavy atom. The molecule has 1 aliphatic rings. The van der Waals surface area contributed by atoms with Gasteiger partial charge in [0.2, 0.25) is 11.8 Å². The molecule has 246 valence electrons. The molecule has 0 spiro atoms. The van der Waals surface area contributed by atoms with Crippen molar-refractivity contribution in [2.75, 3.05) is 13.1 Å². The standard InChI is InChI=1S/C38H50N4O4/c1-26(2)36(42-22-12-21-39-38(42)46)37(45)40-31(23-29-15-7-5-8-16-29)25-34(43)33(24-30-17-9-6-10-18-30)41-35(44)20-19-32-27(3)13-11-14-28(32)4/h5-11,13-18,26,31,33-34,36,43H,12,19-25H2,1-4H3,(H,39,46)(H,40,45)(H,41,44)/t31-,33-,34-,36-/m0/s1. The van der Waals surface area contributed by atoms with Crippen molar-refractivity contribution in [3.05, 3.63) is 107 Å². The van der Waals surface area contributed by atoms with Gasteiger partial charge in [-0.3, -0.25) is 9.59 Å². The van der Waals surface area contributed by atoms with Gasteiger partial charge in [-0.15, -0.1) is 0 Å². The molecule has 4 rings (SSSR count). The summed E-state index contributed by atoms with van der Waals surface area (Å²) in [6.07, 6.45) is 1.94. The van der Waals surface area contributed by atoms with Crippen LogP contribution in [0, 0.1) is 19.8 Å². The number of nitrogens with one attached hydrogen (secondary N) is 3. The van der Waals surface area contributed by atoms with Crippen molar-refractivity contribution in [1.29, 1.82) is 0 Å². The monoisotopic (exact) mass is 626 g/mol. The van der Waals surface area contributed by atoms with Gasteiger partial charge < -0.3 is 26.0 Å². The Labute approximate surface area is 274 Å². The van der Waals surface area contributed by atoms with E-state index in [2.05, 4.69) is 41.9 Å². The molecule has 8 nitrogen and oxygen atoms in total. The second-order valence-electron chi connectivity index (χ2n) is 12.9. The first kappa shape index (κ1) is 34.7. The zero-order chi connectivity index (χ0) is 33.1. The molecule has 3 aromatic carbocycles. The highest BCUT2D eigenvalue weighted by Crippen LogP contribution is 2.19. The number of aryl methyl sites for hydroxylation is 2. The number of rotatable bonds is 15. The number of carbonyl (C=O) groups excluding carboxylic acids is 3. The quantitative estimate of drug-likeness (QED) is 0.193. The first-order valence-corrected chi connectivity index (χ1v) is 16.6. The van der Waals surface area contributed by atoms with Crippen molar-refractivity contribution in [3.8, 4) is 0 Å². The van der Waals surface area contributed by atoms with Crippen molar-refractivity contribution in [2.24, 2.45) is 5.92 Å². The summed E-state index contributed by atoms with van der Waals surface area (Å²) in [5.41, 5.74) is 5.52. The van der Waals surface area contributed by atoms with Gasteiger partial charge >= 0.3 is 6.03 Å². The maximum absolute atomic E-state index is 13.8. The Bertz CT molecular complexity index is 1410. The molecule has 1 heterocycles. The Morgan fingerprint density at radius 1 is 0.870 bits per heavy atom. The molecular formula is C38H50N4O4. The van der Waals surface area contributed by atoms with Crippen LogP contribution in [0.3, 0.4) is 0 Å². The maximum atomic E-state index is 13.8. The van der Waals surface area contributed by atoms with Crippen LogP contribution in [0.25, 0.3) is 0 Å². The predicted molar refractivity (Wildman–Crippen MR) is 182 cm³/mol. The Morgan fingerprint density at radius 2 is 1.48 bits per heavy atom. The van der Waals surface area contributed by atoms with Crippen molar-refractivity contribution in [1.82, 2.24) is 20.9 Å². The van der Waals surface area contributed by atoms with Gasteiger partial charge in [-0.25, -0.2) is 4.79 Å². The predicted octanol–water partition coefficient (Wildman–Crippen LogP) is 4.88. The first-order chi connectivity index (χ1) is 22.1. The third-order valence-corrected chi connectivity index (χ3v) is 8.90. The second kappa shape index (κ2) is 16.9. The molecular weight excluding hydrogens is 576 g/mol. The average Bonchev–Trinajstić information content (AvgIpc) is 3.02. The van der Waals surface area contributed by atoms with E-state index in [0.717, 1.165) is 28.7 Å². The molecule has 46 heavy (non-hydrogen) atoms. The van der Waals surface area contributed by atoms with Gasteiger partial charge in [0.1, 0.15) is 6.04 Å². The molecule has 4 atom stereocenters. The number of hydrogen-bond donors (Lipinski definition) is 4. The van der Waals surface area contributed by atoms with Gasteiger partial charge in [0.05, 0.1) is 12.1 Å². The summed E-state index contributed by atoms with van der Waals surface area (Å²) < 4.78 is 0. The lowest BCUT2D eigenvalue weighted by Gasteiger charge is -2.37. The fourth-order valence-electron chi connectivity index (χ4n) is 6.46. The fraction of sp³-hybridized carbons (Fsp3) is 0.447. The van der Waals surface area contributed by atoms with Gasteiger partial charge in [-0.1, -0.05) is 92.7 Å². The number of hydrogen-bond acceptors (Lipinski definition) is 4. The number of nitrogens with zero attached hydrogens (tertiary/aromatic N) is 1. The van der Waals surface area contributed by atoms with Crippen LogP contribution in [0.5, 0.6) is 0 Å². The topological polar surface area (TPSA) is 111 Å². The zero-order valence-corrected chi connectivity index (χ0v) is 27.7.